The standard InChI is InChI=1S/C15H27NO3/c1-2-3-5-8-13(17)16-12-15(11-14(18)19)9-6-4-7-10-15/h2-12H2,1H3,(H,16,17)(H,18,19). The molecule has 0 spiro atoms. The minimum atomic E-state index is -0.748. The number of hydrogen-bond donors (Lipinski definition) is 2. The second kappa shape index (κ2) is 8.18. The molecular weight excluding hydrogens is 242 g/mol. The summed E-state index contributed by atoms with van der Waals surface area (Å²) < 4.78 is 0. The molecule has 0 unspecified atom stereocenters. The van der Waals surface area contributed by atoms with Crippen LogP contribution < -0.4 is 5.32 Å². The van der Waals surface area contributed by atoms with Crippen molar-refractivity contribution < 1.29 is 14.7 Å². The third-order valence-electron chi connectivity index (χ3n) is 4.11. The number of nitrogens with one attached hydrogen (secondary N) is 1. The first kappa shape index (κ1) is 16.0. The zero-order chi connectivity index (χ0) is 14.1. The molecule has 1 saturated carbocycles. The van der Waals surface area contributed by atoms with Crippen molar-refractivity contribution >= 4 is 11.9 Å². The van der Waals surface area contributed by atoms with E-state index in [1.165, 1.54) is 6.42 Å². The fourth-order valence-corrected chi connectivity index (χ4v) is 2.95. The van der Waals surface area contributed by atoms with E-state index in [-0.39, 0.29) is 17.7 Å². The van der Waals surface area contributed by atoms with Crippen LogP contribution in [0.3, 0.4) is 0 Å². The maximum atomic E-state index is 11.7. The number of amides is 1. The third-order valence-corrected chi connectivity index (χ3v) is 4.11. The van der Waals surface area contributed by atoms with E-state index in [4.69, 9.17) is 5.11 Å². The average Bonchev–Trinajstić information content (AvgIpc) is 2.37. The largest absolute Gasteiger partial charge is 0.481 e. The van der Waals surface area contributed by atoms with Crippen molar-refractivity contribution in [2.45, 2.75) is 71.1 Å². The fraction of sp³-hybridized carbons (Fsp3) is 0.867. The second-order valence-electron chi connectivity index (χ2n) is 5.87. The van der Waals surface area contributed by atoms with Crippen LogP contribution in [0.1, 0.15) is 71.1 Å². The minimum absolute atomic E-state index is 0.0730. The lowest BCUT2D eigenvalue weighted by atomic mass is 9.71. The zero-order valence-electron chi connectivity index (χ0n) is 12.0. The van der Waals surface area contributed by atoms with Crippen molar-refractivity contribution in [3.8, 4) is 0 Å². The Morgan fingerprint density at radius 3 is 2.42 bits per heavy atom. The highest BCUT2D eigenvalue weighted by atomic mass is 16.4. The number of hydrogen-bond acceptors (Lipinski definition) is 2. The Hall–Kier alpha value is -1.06. The highest BCUT2D eigenvalue weighted by Gasteiger charge is 2.34. The number of unbranched alkanes of at least 4 members (excludes halogenated alkanes) is 2. The maximum absolute atomic E-state index is 11.7. The number of carbonyl (C=O) groups is 2. The summed E-state index contributed by atoms with van der Waals surface area (Å²) in [5.74, 6) is -0.675. The van der Waals surface area contributed by atoms with E-state index in [9.17, 15) is 9.59 Å². The van der Waals surface area contributed by atoms with Crippen molar-refractivity contribution in [1.82, 2.24) is 5.32 Å². The van der Waals surface area contributed by atoms with E-state index in [2.05, 4.69) is 12.2 Å². The van der Waals surface area contributed by atoms with Gasteiger partial charge in [-0.1, -0.05) is 39.0 Å². The number of rotatable bonds is 8. The van der Waals surface area contributed by atoms with Crippen molar-refractivity contribution in [2.24, 2.45) is 5.41 Å². The molecule has 1 amide bonds. The molecule has 4 heteroatoms. The molecule has 110 valence electrons. The summed E-state index contributed by atoms with van der Waals surface area (Å²) in [6.45, 7) is 2.64. The molecule has 4 nitrogen and oxygen atoms in total. The van der Waals surface area contributed by atoms with E-state index in [0.29, 0.717) is 13.0 Å². The van der Waals surface area contributed by atoms with E-state index >= 15 is 0 Å². The van der Waals surface area contributed by atoms with E-state index in [1.54, 1.807) is 0 Å². The maximum Gasteiger partial charge on any atom is 0.303 e. The molecule has 0 bridgehead atoms. The Morgan fingerprint density at radius 2 is 1.84 bits per heavy atom. The summed E-state index contributed by atoms with van der Waals surface area (Å²) in [6.07, 6.45) is 9.06. The monoisotopic (exact) mass is 269 g/mol. The van der Waals surface area contributed by atoms with E-state index in [1.807, 2.05) is 0 Å². The lowest BCUT2D eigenvalue weighted by Gasteiger charge is -2.36. The quantitative estimate of drug-likeness (QED) is 0.665. The van der Waals surface area contributed by atoms with Crippen LogP contribution in [0.25, 0.3) is 0 Å². The van der Waals surface area contributed by atoms with Gasteiger partial charge in [-0.3, -0.25) is 9.59 Å². The van der Waals surface area contributed by atoms with Crippen LogP contribution in [0.5, 0.6) is 0 Å². The molecule has 0 radical (unpaired) electrons. The van der Waals surface area contributed by atoms with Gasteiger partial charge in [0.25, 0.3) is 0 Å². The first-order chi connectivity index (χ1) is 9.08. The smallest absolute Gasteiger partial charge is 0.303 e. The summed E-state index contributed by atoms with van der Waals surface area (Å²) in [4.78, 5) is 22.7. The van der Waals surface area contributed by atoms with Gasteiger partial charge in [0.15, 0.2) is 0 Å². The highest BCUT2D eigenvalue weighted by Crippen LogP contribution is 2.38. The molecule has 1 rings (SSSR count). The van der Waals surface area contributed by atoms with Crippen LogP contribution >= 0.6 is 0 Å². The Kier molecular flexibility index (Phi) is 6.89. The predicted octanol–water partition coefficient (Wildman–Crippen LogP) is 3.11. The summed E-state index contributed by atoms with van der Waals surface area (Å²) in [6, 6.07) is 0. The molecule has 0 aliphatic heterocycles. The highest BCUT2D eigenvalue weighted by molar-refractivity contribution is 5.76. The molecule has 0 aromatic carbocycles. The van der Waals surface area contributed by atoms with Gasteiger partial charge < -0.3 is 10.4 Å². The van der Waals surface area contributed by atoms with E-state index in [0.717, 1.165) is 44.9 Å². The van der Waals surface area contributed by atoms with Gasteiger partial charge in [0, 0.05) is 13.0 Å². The zero-order valence-corrected chi connectivity index (χ0v) is 12.0. The summed E-state index contributed by atoms with van der Waals surface area (Å²) >= 11 is 0. The van der Waals surface area contributed by atoms with Crippen molar-refractivity contribution in [3.63, 3.8) is 0 Å². The van der Waals surface area contributed by atoms with Crippen LogP contribution in [0.15, 0.2) is 0 Å². The van der Waals surface area contributed by atoms with Gasteiger partial charge in [-0.05, 0) is 24.7 Å². The molecule has 0 saturated heterocycles. The Balaban J connectivity index is 2.40. The van der Waals surface area contributed by atoms with Crippen LogP contribution in [0.4, 0.5) is 0 Å². The van der Waals surface area contributed by atoms with Gasteiger partial charge in [0.1, 0.15) is 0 Å². The van der Waals surface area contributed by atoms with Gasteiger partial charge in [-0.25, -0.2) is 0 Å². The normalized spacial score (nSPS) is 17.9. The first-order valence-electron chi connectivity index (χ1n) is 7.56. The van der Waals surface area contributed by atoms with Crippen LogP contribution in [-0.2, 0) is 9.59 Å². The molecular formula is C15H27NO3. The number of carboxylic acids is 1. The van der Waals surface area contributed by atoms with Crippen LogP contribution in [0.2, 0.25) is 0 Å². The fourth-order valence-electron chi connectivity index (χ4n) is 2.95. The number of aliphatic carboxylic acids is 1. The molecule has 1 aliphatic carbocycles. The van der Waals surface area contributed by atoms with Gasteiger partial charge in [0.05, 0.1) is 6.42 Å². The average molecular weight is 269 g/mol. The molecule has 0 atom stereocenters. The SMILES string of the molecule is CCCCCC(=O)NCC1(CC(=O)O)CCCCC1. The first-order valence-corrected chi connectivity index (χ1v) is 7.56. The van der Waals surface area contributed by atoms with Crippen molar-refractivity contribution in [3.05, 3.63) is 0 Å². The molecule has 0 heterocycles. The van der Waals surface area contributed by atoms with Gasteiger partial charge >= 0.3 is 5.97 Å². The van der Waals surface area contributed by atoms with Crippen LogP contribution in [-0.4, -0.2) is 23.5 Å². The second-order valence-corrected chi connectivity index (χ2v) is 5.87. The third kappa shape index (κ3) is 6.08. The lowest BCUT2D eigenvalue weighted by Crippen LogP contribution is -2.40. The van der Waals surface area contributed by atoms with E-state index < -0.39 is 5.97 Å². The molecule has 19 heavy (non-hydrogen) atoms. The minimum Gasteiger partial charge on any atom is -0.481 e. The van der Waals surface area contributed by atoms with Gasteiger partial charge in [-0.15, -0.1) is 0 Å². The Bertz CT molecular complexity index is 296. The van der Waals surface area contributed by atoms with Gasteiger partial charge in [-0.2, -0.15) is 0 Å². The van der Waals surface area contributed by atoms with Crippen molar-refractivity contribution in [2.75, 3.05) is 6.54 Å². The lowest BCUT2D eigenvalue weighted by molar-refractivity contribution is -0.140. The van der Waals surface area contributed by atoms with Gasteiger partial charge in [0.2, 0.25) is 5.91 Å². The molecule has 2 N–H and O–H groups in total. The van der Waals surface area contributed by atoms with Crippen LogP contribution in [0, 0.1) is 5.41 Å². The summed E-state index contributed by atoms with van der Waals surface area (Å²) in [5.41, 5.74) is -0.204. The predicted molar refractivity (Wildman–Crippen MR) is 74.9 cm³/mol. The summed E-state index contributed by atoms with van der Waals surface area (Å²) in [7, 11) is 0. The summed E-state index contributed by atoms with van der Waals surface area (Å²) in [5, 5.41) is 12.0. The molecule has 1 fully saturated rings. The number of carboxylic acid groups (broad SMARTS) is 1. The molecule has 0 aromatic rings. The number of carbonyl (C=O) groups excluding carboxylic acids is 1. The molecule has 1 aliphatic rings. The van der Waals surface area contributed by atoms with Crippen molar-refractivity contribution in [1.29, 1.82) is 0 Å². The topological polar surface area (TPSA) is 66.4 Å². The Morgan fingerprint density at radius 1 is 1.16 bits per heavy atom. The molecule has 0 aromatic heterocycles. The Labute approximate surface area is 116 Å².